The fourth-order valence-corrected chi connectivity index (χ4v) is 2.49. The number of fused-ring (bicyclic) bond motifs is 1. The van der Waals surface area contributed by atoms with Gasteiger partial charge in [0, 0.05) is 11.4 Å². The molecule has 0 saturated carbocycles. The van der Waals surface area contributed by atoms with E-state index in [4.69, 9.17) is 4.74 Å². The zero-order chi connectivity index (χ0) is 13.1. The molecular formula is C12H15N3O2S. The second-order valence-corrected chi connectivity index (χ2v) is 4.93. The third-order valence-corrected chi connectivity index (χ3v) is 3.18. The summed E-state index contributed by atoms with van der Waals surface area (Å²) in [5.74, 6) is 0.352. The number of ether oxygens (including phenoxy) is 1. The average molecular weight is 265 g/mol. The summed E-state index contributed by atoms with van der Waals surface area (Å²) in [7, 11) is 0. The molecule has 96 valence electrons. The second-order valence-electron chi connectivity index (χ2n) is 4.07. The molecule has 0 fully saturated rings. The van der Waals surface area contributed by atoms with Crippen LogP contribution >= 0.6 is 11.3 Å². The van der Waals surface area contributed by atoms with E-state index in [1.807, 2.05) is 13.8 Å². The van der Waals surface area contributed by atoms with E-state index >= 15 is 0 Å². The van der Waals surface area contributed by atoms with Gasteiger partial charge in [0.05, 0.1) is 17.6 Å². The topological polar surface area (TPSA) is 64.1 Å². The van der Waals surface area contributed by atoms with Crippen LogP contribution in [0.2, 0.25) is 0 Å². The molecule has 0 bridgehead atoms. The minimum Gasteiger partial charge on any atom is -0.462 e. The average Bonchev–Trinajstić information content (AvgIpc) is 2.73. The molecule has 0 unspecified atom stereocenters. The van der Waals surface area contributed by atoms with Crippen molar-refractivity contribution in [3.05, 3.63) is 17.3 Å². The Bertz CT molecular complexity index is 565. The molecule has 5 nitrogen and oxygen atoms in total. The van der Waals surface area contributed by atoms with Gasteiger partial charge in [-0.05, 0) is 20.8 Å². The van der Waals surface area contributed by atoms with Crippen LogP contribution in [-0.2, 0) is 4.74 Å². The molecule has 0 aliphatic carbocycles. The van der Waals surface area contributed by atoms with Crippen LogP contribution in [0.5, 0.6) is 0 Å². The zero-order valence-corrected chi connectivity index (χ0v) is 11.4. The maximum absolute atomic E-state index is 11.9. The number of carbonyl (C=O) groups is 1. The van der Waals surface area contributed by atoms with Crippen molar-refractivity contribution in [3.8, 4) is 0 Å². The number of esters is 1. The fourth-order valence-electron chi connectivity index (χ4n) is 1.62. The van der Waals surface area contributed by atoms with Gasteiger partial charge in [0.2, 0.25) is 0 Å². The van der Waals surface area contributed by atoms with Gasteiger partial charge in [0.1, 0.15) is 17.0 Å². The van der Waals surface area contributed by atoms with Gasteiger partial charge >= 0.3 is 5.97 Å². The van der Waals surface area contributed by atoms with E-state index in [0.29, 0.717) is 18.0 Å². The van der Waals surface area contributed by atoms with E-state index in [0.717, 1.165) is 10.2 Å². The Morgan fingerprint density at radius 1 is 1.50 bits per heavy atom. The Morgan fingerprint density at radius 2 is 2.28 bits per heavy atom. The van der Waals surface area contributed by atoms with E-state index in [1.165, 1.54) is 17.7 Å². The minimum atomic E-state index is -0.328. The predicted molar refractivity (Wildman–Crippen MR) is 72.1 cm³/mol. The summed E-state index contributed by atoms with van der Waals surface area (Å²) in [5, 5.41) is 5.73. The number of nitrogens with one attached hydrogen (secondary N) is 1. The number of anilines is 1. The highest BCUT2D eigenvalue weighted by atomic mass is 32.1. The number of nitrogens with zero attached hydrogens (tertiary/aromatic N) is 2. The van der Waals surface area contributed by atoms with Crippen LogP contribution < -0.4 is 5.32 Å². The molecule has 2 heterocycles. The maximum atomic E-state index is 11.9. The molecule has 2 aromatic rings. The highest BCUT2D eigenvalue weighted by Gasteiger charge is 2.18. The van der Waals surface area contributed by atoms with Crippen molar-refractivity contribution in [1.29, 1.82) is 0 Å². The van der Waals surface area contributed by atoms with Crippen molar-refractivity contribution in [2.24, 2.45) is 0 Å². The lowest BCUT2D eigenvalue weighted by Gasteiger charge is -2.10. The monoisotopic (exact) mass is 265 g/mol. The molecule has 0 spiro atoms. The fraction of sp³-hybridized carbons (Fsp3) is 0.417. The highest BCUT2D eigenvalue weighted by Crippen LogP contribution is 2.30. The standard InChI is InChI=1S/C12H15N3O2S/c1-4-17-12(16)8-5-18-11-9(8)10(13-6-14-11)15-7(2)3/h5-7H,4H2,1-3H3,(H,13,14,15). The molecule has 2 rings (SSSR count). The van der Waals surface area contributed by atoms with Crippen LogP contribution in [0.3, 0.4) is 0 Å². The van der Waals surface area contributed by atoms with Crippen LogP contribution in [0, 0.1) is 0 Å². The first-order valence-corrected chi connectivity index (χ1v) is 6.67. The summed E-state index contributed by atoms with van der Waals surface area (Å²) in [6.45, 7) is 6.18. The summed E-state index contributed by atoms with van der Waals surface area (Å²) >= 11 is 1.42. The third kappa shape index (κ3) is 2.43. The van der Waals surface area contributed by atoms with Gasteiger partial charge in [-0.15, -0.1) is 11.3 Å². The first-order valence-electron chi connectivity index (χ1n) is 5.79. The molecule has 0 aliphatic rings. The number of carbonyl (C=O) groups excluding carboxylic acids is 1. The molecule has 0 radical (unpaired) electrons. The Labute approximate surface area is 109 Å². The molecule has 0 amide bonds. The Kier molecular flexibility index (Phi) is 3.76. The van der Waals surface area contributed by atoms with E-state index in [2.05, 4.69) is 15.3 Å². The number of rotatable bonds is 4. The van der Waals surface area contributed by atoms with Crippen molar-refractivity contribution in [2.45, 2.75) is 26.8 Å². The third-order valence-electron chi connectivity index (χ3n) is 2.29. The van der Waals surface area contributed by atoms with Crippen LogP contribution in [0.4, 0.5) is 5.82 Å². The second kappa shape index (κ2) is 5.30. The Balaban J connectivity index is 2.51. The van der Waals surface area contributed by atoms with Crippen molar-refractivity contribution < 1.29 is 9.53 Å². The van der Waals surface area contributed by atoms with E-state index in [9.17, 15) is 4.79 Å². The SMILES string of the molecule is CCOC(=O)c1csc2ncnc(NC(C)C)c12. The van der Waals surface area contributed by atoms with Gasteiger partial charge in [0.15, 0.2) is 0 Å². The zero-order valence-electron chi connectivity index (χ0n) is 10.6. The quantitative estimate of drug-likeness (QED) is 0.861. The lowest BCUT2D eigenvalue weighted by molar-refractivity contribution is 0.0529. The summed E-state index contributed by atoms with van der Waals surface area (Å²) in [6, 6.07) is 0.234. The minimum absolute atomic E-state index is 0.234. The molecule has 6 heteroatoms. The van der Waals surface area contributed by atoms with E-state index < -0.39 is 0 Å². The maximum Gasteiger partial charge on any atom is 0.339 e. The molecule has 18 heavy (non-hydrogen) atoms. The largest absolute Gasteiger partial charge is 0.462 e. The highest BCUT2D eigenvalue weighted by molar-refractivity contribution is 7.17. The molecular weight excluding hydrogens is 250 g/mol. The molecule has 0 aromatic carbocycles. The molecule has 0 aliphatic heterocycles. The van der Waals surface area contributed by atoms with Gasteiger partial charge in [-0.3, -0.25) is 0 Å². The van der Waals surface area contributed by atoms with Crippen LogP contribution in [0.1, 0.15) is 31.1 Å². The summed E-state index contributed by atoms with van der Waals surface area (Å²) in [5.41, 5.74) is 0.528. The summed E-state index contributed by atoms with van der Waals surface area (Å²) in [6.07, 6.45) is 1.50. The normalized spacial score (nSPS) is 10.9. The Hall–Kier alpha value is -1.69. The van der Waals surface area contributed by atoms with Gasteiger partial charge in [-0.25, -0.2) is 14.8 Å². The van der Waals surface area contributed by atoms with Gasteiger partial charge in [-0.1, -0.05) is 0 Å². The van der Waals surface area contributed by atoms with Crippen LogP contribution in [-0.4, -0.2) is 28.6 Å². The molecule has 1 N–H and O–H groups in total. The van der Waals surface area contributed by atoms with E-state index in [-0.39, 0.29) is 12.0 Å². The molecule has 2 aromatic heterocycles. The van der Waals surface area contributed by atoms with Gasteiger partial charge < -0.3 is 10.1 Å². The van der Waals surface area contributed by atoms with Crippen molar-refractivity contribution in [2.75, 3.05) is 11.9 Å². The number of thiophene rings is 1. The van der Waals surface area contributed by atoms with Gasteiger partial charge in [0.25, 0.3) is 0 Å². The summed E-state index contributed by atoms with van der Waals surface area (Å²) < 4.78 is 5.04. The number of hydrogen-bond acceptors (Lipinski definition) is 6. The first kappa shape index (κ1) is 12.8. The Morgan fingerprint density at radius 3 is 2.94 bits per heavy atom. The molecule has 0 atom stereocenters. The lowest BCUT2D eigenvalue weighted by Crippen LogP contribution is -2.12. The van der Waals surface area contributed by atoms with E-state index in [1.54, 1.807) is 12.3 Å². The van der Waals surface area contributed by atoms with Gasteiger partial charge in [-0.2, -0.15) is 0 Å². The lowest BCUT2D eigenvalue weighted by atomic mass is 10.2. The van der Waals surface area contributed by atoms with Crippen LogP contribution in [0.15, 0.2) is 11.7 Å². The number of aromatic nitrogens is 2. The van der Waals surface area contributed by atoms with Crippen molar-refractivity contribution in [3.63, 3.8) is 0 Å². The smallest absolute Gasteiger partial charge is 0.339 e. The first-order chi connectivity index (χ1) is 8.63. The van der Waals surface area contributed by atoms with Crippen LogP contribution in [0.25, 0.3) is 10.2 Å². The predicted octanol–water partition coefficient (Wildman–Crippen LogP) is 2.69. The van der Waals surface area contributed by atoms with Crippen molar-refractivity contribution >= 4 is 33.3 Å². The molecule has 0 saturated heterocycles. The summed E-state index contributed by atoms with van der Waals surface area (Å²) in [4.78, 5) is 21.0. The van der Waals surface area contributed by atoms with Crippen molar-refractivity contribution in [1.82, 2.24) is 9.97 Å². The number of hydrogen-bond donors (Lipinski definition) is 1.